The molecule has 3 N–H and O–H groups in total. The van der Waals surface area contributed by atoms with E-state index in [-0.39, 0.29) is 38.1 Å². The average Bonchev–Trinajstić information content (AvgIpc) is 3.51. The molecule has 4 aromatic carbocycles. The van der Waals surface area contributed by atoms with Crippen molar-refractivity contribution in [1.82, 2.24) is 10.9 Å². The highest BCUT2D eigenvalue weighted by molar-refractivity contribution is 9.10. The maximum atomic E-state index is 14.6. The molecule has 10 nitrogen and oxygen atoms in total. The molecule has 17 heteroatoms. The number of nitrogens with zero attached hydrogens (tertiary/aromatic N) is 4. The highest BCUT2D eigenvalue weighted by Gasteiger charge is 2.54. The summed E-state index contributed by atoms with van der Waals surface area (Å²) in [4.78, 5) is 22.3. The van der Waals surface area contributed by atoms with Crippen molar-refractivity contribution in [2.45, 2.75) is 49.9 Å². The first-order valence-electron chi connectivity index (χ1n) is 16.0. The van der Waals surface area contributed by atoms with Gasteiger partial charge >= 0.3 is 12.4 Å². The zero-order valence-corrected chi connectivity index (χ0v) is 29.2. The molecule has 0 saturated heterocycles. The molecule has 4 aromatic rings. The van der Waals surface area contributed by atoms with Crippen molar-refractivity contribution >= 4 is 27.7 Å². The molecule has 0 radical (unpaired) electrons. The number of aliphatic hydroxyl groups is 1. The Labute approximate surface area is 307 Å². The predicted molar refractivity (Wildman–Crippen MR) is 185 cm³/mol. The van der Waals surface area contributed by atoms with Gasteiger partial charge in [0.25, 0.3) is 5.91 Å². The molecule has 2 atom stereocenters. The molecule has 1 aliphatic rings. The van der Waals surface area contributed by atoms with Crippen molar-refractivity contribution < 1.29 is 45.7 Å². The monoisotopic (exact) mass is 804 g/mol. The number of azide groups is 1. The Hall–Kier alpha value is -5.09. The molecule has 0 aliphatic carbocycles. The first kappa shape index (κ1) is 39.1. The van der Waals surface area contributed by atoms with Gasteiger partial charge in [-0.15, -0.1) is 0 Å². The third-order valence-corrected chi connectivity index (χ3v) is 9.01. The number of rotatable bonds is 14. The second-order valence-electron chi connectivity index (χ2n) is 11.9. The largest absolute Gasteiger partial charge is 0.494 e. The van der Waals surface area contributed by atoms with Crippen LogP contribution in [-0.2, 0) is 41.4 Å². The van der Waals surface area contributed by atoms with Gasteiger partial charge < -0.3 is 14.6 Å². The lowest BCUT2D eigenvalue weighted by atomic mass is 9.80. The normalized spacial score (nSPS) is 17.1. The van der Waals surface area contributed by atoms with E-state index in [9.17, 15) is 31.1 Å². The Morgan fingerprint density at radius 2 is 1.60 bits per heavy atom. The fourth-order valence-electron chi connectivity index (χ4n) is 5.69. The molecule has 1 heterocycles. The van der Waals surface area contributed by atoms with Crippen LogP contribution < -0.4 is 15.6 Å². The lowest BCUT2D eigenvalue weighted by molar-refractivity contribution is -0.143. The van der Waals surface area contributed by atoms with Crippen LogP contribution in [0.1, 0.15) is 51.5 Å². The Bertz CT molecular complexity index is 1970. The summed E-state index contributed by atoms with van der Waals surface area (Å²) in [6.45, 7) is -0.491. The van der Waals surface area contributed by atoms with E-state index < -0.39 is 53.1 Å². The Morgan fingerprint density at radius 1 is 0.962 bits per heavy atom. The van der Waals surface area contributed by atoms with Crippen molar-refractivity contribution in [3.8, 4) is 5.75 Å². The van der Waals surface area contributed by atoms with E-state index in [2.05, 4.69) is 36.8 Å². The van der Waals surface area contributed by atoms with Gasteiger partial charge in [0.05, 0.1) is 24.3 Å². The number of amides is 1. The highest BCUT2D eigenvalue weighted by atomic mass is 79.9. The van der Waals surface area contributed by atoms with Crippen LogP contribution in [0.3, 0.4) is 0 Å². The summed E-state index contributed by atoms with van der Waals surface area (Å²) in [6.07, 6.45) is -11.0. The van der Waals surface area contributed by atoms with Gasteiger partial charge in [0.1, 0.15) is 5.75 Å². The van der Waals surface area contributed by atoms with E-state index in [0.29, 0.717) is 51.0 Å². The van der Waals surface area contributed by atoms with Gasteiger partial charge in [-0.2, -0.15) is 26.3 Å². The molecule has 0 unspecified atom stereocenters. The quantitative estimate of drug-likeness (QED) is 0.0293. The third kappa shape index (κ3) is 9.48. The van der Waals surface area contributed by atoms with Crippen molar-refractivity contribution in [2.75, 3.05) is 13.2 Å². The zero-order valence-electron chi connectivity index (χ0n) is 27.6. The molecule has 278 valence electrons. The molecule has 0 fully saturated rings. The number of hydrogen-bond acceptors (Lipinski definition) is 7. The van der Waals surface area contributed by atoms with Crippen LogP contribution in [0.15, 0.2) is 106 Å². The number of carbonyl (C=O) groups excluding carboxylic acids is 1. The number of hydrogen-bond donors (Lipinski definition) is 3. The summed E-state index contributed by atoms with van der Waals surface area (Å²) in [6, 6.07) is 21.6. The number of aliphatic imine (C=N–C) groups is 1. The molecule has 1 aliphatic heterocycles. The van der Waals surface area contributed by atoms with E-state index in [4.69, 9.17) is 25.1 Å². The van der Waals surface area contributed by atoms with Crippen LogP contribution in [-0.4, -0.2) is 35.7 Å². The van der Waals surface area contributed by atoms with Crippen molar-refractivity contribution in [2.24, 2.45) is 10.1 Å². The molecule has 53 heavy (non-hydrogen) atoms. The number of halogens is 7. The summed E-state index contributed by atoms with van der Waals surface area (Å²) >= 11 is 3.52. The van der Waals surface area contributed by atoms with Crippen LogP contribution in [0.2, 0.25) is 0 Å². The van der Waals surface area contributed by atoms with E-state index in [0.717, 1.165) is 0 Å². The summed E-state index contributed by atoms with van der Waals surface area (Å²) in [5.41, 5.74) is 10.8. The van der Waals surface area contributed by atoms with Crippen LogP contribution in [0.25, 0.3) is 10.4 Å². The van der Waals surface area contributed by atoms with E-state index in [1.165, 1.54) is 0 Å². The topological polar surface area (TPSA) is 141 Å². The molecule has 0 bridgehead atoms. The van der Waals surface area contributed by atoms with E-state index >= 15 is 0 Å². The second-order valence-corrected chi connectivity index (χ2v) is 12.7. The molecule has 1 amide bonds. The van der Waals surface area contributed by atoms with Crippen molar-refractivity contribution in [3.63, 3.8) is 0 Å². The summed E-state index contributed by atoms with van der Waals surface area (Å²) in [7, 11) is 0. The fourth-order valence-corrected chi connectivity index (χ4v) is 6.11. The van der Waals surface area contributed by atoms with Crippen LogP contribution >= 0.6 is 15.9 Å². The van der Waals surface area contributed by atoms with Crippen molar-refractivity contribution in [3.05, 3.63) is 145 Å². The molecule has 5 rings (SSSR count). The molecular weight excluding hydrogens is 774 g/mol. The number of ether oxygens (including phenoxy) is 2. The maximum absolute atomic E-state index is 14.6. The molecule has 0 saturated carbocycles. The minimum Gasteiger partial charge on any atom is -0.494 e. The number of benzene rings is 4. The first-order valence-corrected chi connectivity index (χ1v) is 16.8. The van der Waals surface area contributed by atoms with Gasteiger partial charge in [-0.25, -0.2) is 10.4 Å². The minimum absolute atomic E-state index is 0.0209. The van der Waals surface area contributed by atoms with Crippen LogP contribution in [0.5, 0.6) is 5.75 Å². The minimum atomic E-state index is -5.06. The van der Waals surface area contributed by atoms with Crippen LogP contribution in [0.4, 0.5) is 26.3 Å². The van der Waals surface area contributed by atoms with Gasteiger partial charge in [0.15, 0.2) is 11.6 Å². The molecule has 0 spiro atoms. The maximum Gasteiger partial charge on any atom is 0.416 e. The van der Waals surface area contributed by atoms with Crippen molar-refractivity contribution in [1.29, 1.82) is 0 Å². The Morgan fingerprint density at radius 3 is 2.23 bits per heavy atom. The summed E-state index contributed by atoms with van der Waals surface area (Å²) in [5, 5.41) is 12.8. The number of hydrazine groups is 1. The van der Waals surface area contributed by atoms with Gasteiger partial charge in [-0.05, 0) is 76.3 Å². The lowest BCUT2D eigenvalue weighted by Crippen LogP contribution is -2.53. The number of nitrogens with one attached hydrogen (secondary N) is 2. The number of carbonyl (C=O) groups is 1. The first-order chi connectivity index (χ1) is 25.2. The smallest absolute Gasteiger partial charge is 0.416 e. The molecular formula is C36H31BrF6N6O4. The van der Waals surface area contributed by atoms with Gasteiger partial charge in [0, 0.05) is 40.9 Å². The van der Waals surface area contributed by atoms with E-state index in [1.807, 2.05) is 0 Å². The zero-order chi connectivity index (χ0) is 38.2. The predicted octanol–water partition coefficient (Wildman–Crippen LogP) is 8.38. The van der Waals surface area contributed by atoms with Gasteiger partial charge in [-0.3, -0.25) is 10.2 Å². The van der Waals surface area contributed by atoms with Gasteiger partial charge in [-0.1, -0.05) is 63.5 Å². The van der Waals surface area contributed by atoms with E-state index in [1.54, 1.807) is 72.8 Å². The second kappa shape index (κ2) is 16.7. The highest BCUT2D eigenvalue weighted by Crippen LogP contribution is 2.44. The summed E-state index contributed by atoms with van der Waals surface area (Å²) < 4.78 is 93.9. The lowest BCUT2D eigenvalue weighted by Gasteiger charge is -2.32. The average molecular weight is 806 g/mol. The Kier molecular flexibility index (Phi) is 12.3. The standard InChI is InChI=1S/C36H31BrF6N6O4/c37-30-9-4-2-6-24(30)19-34(33(51)48-45-20-22-16-26(35(38,39)40)18-27(17-22)36(41,42)43)31(29-8-3-1-7-25(29)21-46-49-44)53-32(47-34)23-10-12-28(13-11-23)52-15-5-14-50/h1-4,6-13,16-18,31,45,50H,5,14-15,19-21H2,(H,48,51)/t31-,34-/m0/s1. The van der Waals surface area contributed by atoms with Gasteiger partial charge in [0.2, 0.25) is 5.90 Å². The number of aliphatic hydroxyl groups excluding tert-OH is 1. The van der Waals surface area contributed by atoms with Crippen LogP contribution in [0, 0.1) is 0 Å². The molecule has 0 aromatic heterocycles. The Balaban J connectivity index is 1.57. The SMILES string of the molecule is [N-]=[N+]=NCc1ccccc1[C@@H]1OC(c2ccc(OCCCO)cc2)=N[C@]1(Cc1ccccc1Br)C(=O)NNCc1cc(C(F)(F)F)cc(C(F)(F)F)c1. The fraction of sp³-hybridized carbons (Fsp3) is 0.278. The number of alkyl halides is 6. The summed E-state index contributed by atoms with van der Waals surface area (Å²) in [5.74, 6) is -0.272. The third-order valence-electron chi connectivity index (χ3n) is 8.23.